The van der Waals surface area contributed by atoms with Crippen LogP contribution in [0.25, 0.3) is 0 Å². The van der Waals surface area contributed by atoms with E-state index in [1.165, 1.54) is 44.1 Å². The molecule has 104 valence electrons. The van der Waals surface area contributed by atoms with Crippen molar-refractivity contribution in [1.29, 1.82) is 0 Å². The third-order valence-corrected chi connectivity index (χ3v) is 8.48. The molecule has 0 aromatic carbocycles. The molecule has 2 heterocycles. The average Bonchev–Trinajstić information content (AvgIpc) is 3.07. The molecule has 0 radical (unpaired) electrons. The van der Waals surface area contributed by atoms with E-state index in [0.29, 0.717) is 0 Å². The Hall–Kier alpha value is -2.00. The first-order chi connectivity index (χ1) is 10.00. The summed E-state index contributed by atoms with van der Waals surface area (Å²) in [7, 11) is -1.82. The van der Waals surface area contributed by atoms with Crippen molar-refractivity contribution in [1.82, 2.24) is 0 Å². The van der Waals surface area contributed by atoms with E-state index in [2.05, 4.69) is 61.2 Å². The van der Waals surface area contributed by atoms with Gasteiger partial charge < -0.3 is 0 Å². The molecule has 4 aliphatic rings. The predicted molar refractivity (Wildman–Crippen MR) is 92.2 cm³/mol. The van der Waals surface area contributed by atoms with Crippen LogP contribution in [0.4, 0.5) is 0 Å². The lowest BCUT2D eigenvalue weighted by Gasteiger charge is -2.29. The second-order valence-corrected chi connectivity index (χ2v) is 10.8. The smallest absolute Gasteiger partial charge is 0.118 e. The largest absolute Gasteiger partial charge is 0.256 e. The number of allylic oxidation sites excluding steroid dienone is 10. The Labute approximate surface area is 126 Å². The molecule has 2 nitrogen and oxygen atoms in total. The minimum Gasteiger partial charge on any atom is -0.256 e. The molecule has 0 amide bonds. The Balaban J connectivity index is 1.83. The minimum atomic E-state index is -1.82. The molecule has 0 atom stereocenters. The molecule has 4 rings (SSSR count). The monoisotopic (exact) mass is 290 g/mol. The van der Waals surface area contributed by atoms with Crippen molar-refractivity contribution >= 4 is 19.5 Å². The van der Waals surface area contributed by atoms with Gasteiger partial charge in [0, 0.05) is 23.5 Å². The standard InChI is InChI=1S/C18H18N2Si/c1-11-9-13-5-7-19-15(13)17(11)21(3,4)18-12(2)10-14-6-8-20-16(14)18/h5-10H,1-4H3. The van der Waals surface area contributed by atoms with Crippen molar-refractivity contribution in [2.24, 2.45) is 9.98 Å². The molecule has 0 spiro atoms. The molecule has 2 aliphatic carbocycles. The maximum atomic E-state index is 4.63. The lowest BCUT2D eigenvalue weighted by atomic mass is 10.2. The summed E-state index contributed by atoms with van der Waals surface area (Å²) >= 11 is 0. The van der Waals surface area contributed by atoms with Crippen LogP contribution in [0.1, 0.15) is 13.8 Å². The fourth-order valence-electron chi connectivity index (χ4n) is 4.03. The third kappa shape index (κ3) is 1.58. The topological polar surface area (TPSA) is 24.7 Å². The molecule has 0 fully saturated rings. The van der Waals surface area contributed by atoms with Gasteiger partial charge in [0.1, 0.15) is 8.07 Å². The lowest BCUT2D eigenvalue weighted by Crippen LogP contribution is -2.39. The fraction of sp³-hybridized carbons (Fsp3) is 0.222. The third-order valence-electron chi connectivity index (χ3n) is 4.72. The predicted octanol–water partition coefficient (Wildman–Crippen LogP) is 4.22. The molecular weight excluding hydrogens is 272 g/mol. The van der Waals surface area contributed by atoms with Crippen LogP contribution in [0, 0.1) is 0 Å². The van der Waals surface area contributed by atoms with Crippen molar-refractivity contribution < 1.29 is 0 Å². The Morgan fingerprint density at radius 1 is 0.762 bits per heavy atom. The average molecular weight is 290 g/mol. The van der Waals surface area contributed by atoms with Crippen molar-refractivity contribution in [3.63, 3.8) is 0 Å². The molecule has 0 unspecified atom stereocenters. The summed E-state index contributed by atoms with van der Waals surface area (Å²) in [5.74, 6) is 0. The van der Waals surface area contributed by atoms with E-state index in [-0.39, 0.29) is 0 Å². The number of rotatable bonds is 2. The van der Waals surface area contributed by atoms with Crippen LogP contribution in [0.5, 0.6) is 0 Å². The first kappa shape index (κ1) is 12.7. The molecule has 0 aromatic heterocycles. The van der Waals surface area contributed by atoms with E-state index in [4.69, 9.17) is 0 Å². The molecule has 0 N–H and O–H groups in total. The number of hydrogen-bond acceptors (Lipinski definition) is 2. The summed E-state index contributed by atoms with van der Waals surface area (Å²) < 4.78 is 0. The van der Waals surface area contributed by atoms with Crippen molar-refractivity contribution in [3.8, 4) is 0 Å². The maximum absolute atomic E-state index is 4.63. The van der Waals surface area contributed by atoms with E-state index in [1.54, 1.807) is 0 Å². The van der Waals surface area contributed by atoms with Gasteiger partial charge in [0.25, 0.3) is 0 Å². The zero-order valence-corrected chi connectivity index (χ0v) is 13.9. The number of aliphatic imine (C=N–C) groups is 2. The van der Waals surface area contributed by atoms with E-state index in [0.717, 1.165) is 0 Å². The van der Waals surface area contributed by atoms with Crippen molar-refractivity contribution in [2.45, 2.75) is 26.9 Å². The SMILES string of the molecule is CC1=C([Si](C)(C)C2=C(C)C=C3C=CN=C32)C2=NC=CC2=C1. The van der Waals surface area contributed by atoms with Gasteiger partial charge in [-0.1, -0.05) is 13.1 Å². The molecule has 0 saturated heterocycles. The van der Waals surface area contributed by atoms with Gasteiger partial charge in [-0.15, -0.1) is 0 Å². The quantitative estimate of drug-likeness (QED) is 0.680. The Morgan fingerprint density at radius 2 is 1.19 bits per heavy atom. The fourth-order valence-corrected chi connectivity index (χ4v) is 8.00. The van der Waals surface area contributed by atoms with Crippen LogP contribution < -0.4 is 0 Å². The van der Waals surface area contributed by atoms with Crippen LogP contribution in [-0.2, 0) is 0 Å². The summed E-state index contributed by atoms with van der Waals surface area (Å²) in [6.45, 7) is 9.30. The summed E-state index contributed by atoms with van der Waals surface area (Å²) in [5.41, 5.74) is 7.71. The van der Waals surface area contributed by atoms with Gasteiger partial charge in [0.15, 0.2) is 0 Å². The minimum absolute atomic E-state index is 1.20. The number of nitrogens with zero attached hydrogens (tertiary/aromatic N) is 2. The van der Waals surface area contributed by atoms with Crippen molar-refractivity contribution in [2.75, 3.05) is 0 Å². The van der Waals surface area contributed by atoms with Crippen LogP contribution in [0.15, 0.2) is 79.4 Å². The molecule has 0 bridgehead atoms. The van der Waals surface area contributed by atoms with E-state index >= 15 is 0 Å². The zero-order chi connectivity index (χ0) is 14.8. The van der Waals surface area contributed by atoms with Gasteiger partial charge in [0.05, 0.1) is 11.4 Å². The first-order valence-corrected chi connectivity index (χ1v) is 10.4. The van der Waals surface area contributed by atoms with Crippen LogP contribution in [0.2, 0.25) is 13.1 Å². The molecule has 3 heteroatoms. The molecule has 2 aliphatic heterocycles. The Morgan fingerprint density at radius 3 is 1.62 bits per heavy atom. The second kappa shape index (κ2) is 4.01. The highest BCUT2D eigenvalue weighted by Crippen LogP contribution is 2.41. The highest BCUT2D eigenvalue weighted by atomic mass is 28.3. The maximum Gasteiger partial charge on any atom is 0.118 e. The lowest BCUT2D eigenvalue weighted by molar-refractivity contribution is 1.47. The van der Waals surface area contributed by atoms with Gasteiger partial charge in [0.2, 0.25) is 0 Å². The van der Waals surface area contributed by atoms with Crippen LogP contribution in [-0.4, -0.2) is 19.5 Å². The first-order valence-electron chi connectivity index (χ1n) is 7.36. The van der Waals surface area contributed by atoms with Gasteiger partial charge in [-0.25, -0.2) is 0 Å². The summed E-state index contributed by atoms with van der Waals surface area (Å²) in [6, 6.07) is 0. The highest BCUT2D eigenvalue weighted by molar-refractivity contribution is 6.99. The summed E-state index contributed by atoms with van der Waals surface area (Å²) in [6.07, 6.45) is 12.6. The van der Waals surface area contributed by atoms with E-state index in [1.807, 2.05) is 12.4 Å². The van der Waals surface area contributed by atoms with Gasteiger partial charge in [-0.05, 0) is 59.7 Å². The van der Waals surface area contributed by atoms with E-state index in [9.17, 15) is 0 Å². The van der Waals surface area contributed by atoms with Gasteiger partial charge in [-0.2, -0.15) is 0 Å². The summed E-state index contributed by atoms with van der Waals surface area (Å²) in [4.78, 5) is 9.25. The molecule has 21 heavy (non-hydrogen) atoms. The van der Waals surface area contributed by atoms with E-state index < -0.39 is 8.07 Å². The highest BCUT2D eigenvalue weighted by Gasteiger charge is 2.43. The van der Waals surface area contributed by atoms with Gasteiger partial charge >= 0.3 is 0 Å². The Kier molecular flexibility index (Phi) is 2.43. The number of fused-ring (bicyclic) bond motifs is 2. The Bertz CT molecular complexity index is 753. The molecule has 0 aromatic rings. The second-order valence-electron chi connectivity index (χ2n) is 6.53. The molecule has 0 saturated carbocycles. The number of hydrogen-bond donors (Lipinski definition) is 0. The van der Waals surface area contributed by atoms with Crippen molar-refractivity contribution in [3.05, 3.63) is 69.4 Å². The van der Waals surface area contributed by atoms with Crippen LogP contribution >= 0.6 is 0 Å². The zero-order valence-electron chi connectivity index (χ0n) is 12.9. The molecular formula is C18H18N2Si. The van der Waals surface area contributed by atoms with Gasteiger partial charge in [-0.3, -0.25) is 9.98 Å². The summed E-state index contributed by atoms with van der Waals surface area (Å²) in [5, 5.41) is 2.95. The van der Waals surface area contributed by atoms with Crippen LogP contribution in [0.3, 0.4) is 0 Å². The normalized spacial score (nSPS) is 22.7.